The first-order valence-electron chi connectivity index (χ1n) is 5.25. The zero-order chi connectivity index (χ0) is 10.1. The fourth-order valence-electron chi connectivity index (χ4n) is 1.96. The normalized spacial score (nSPS) is 31.9. The minimum absolute atomic E-state index is 0.0226. The number of methoxy groups -OCH3 is 1. The predicted octanol–water partition coefficient (Wildman–Crippen LogP) is -0.0159. The van der Waals surface area contributed by atoms with Gasteiger partial charge in [0, 0.05) is 26.7 Å². The van der Waals surface area contributed by atoms with Crippen molar-refractivity contribution in [1.29, 1.82) is 0 Å². The van der Waals surface area contributed by atoms with Crippen LogP contribution in [0.1, 0.15) is 19.3 Å². The average Bonchev–Trinajstić information content (AvgIpc) is 2.94. The van der Waals surface area contributed by atoms with Crippen molar-refractivity contribution in [2.24, 2.45) is 0 Å². The molecule has 80 valence electrons. The first kappa shape index (κ1) is 9.93. The van der Waals surface area contributed by atoms with Crippen molar-refractivity contribution in [3.05, 3.63) is 0 Å². The molecule has 14 heavy (non-hydrogen) atoms. The second-order valence-electron chi connectivity index (χ2n) is 4.23. The quantitative estimate of drug-likeness (QED) is 0.693. The van der Waals surface area contributed by atoms with Crippen LogP contribution in [-0.2, 0) is 9.53 Å². The van der Waals surface area contributed by atoms with Gasteiger partial charge in [0.25, 0.3) is 0 Å². The highest BCUT2D eigenvalue weighted by molar-refractivity contribution is 5.82. The Morgan fingerprint density at radius 3 is 2.71 bits per heavy atom. The largest absolute Gasteiger partial charge is 0.380 e. The molecule has 2 aliphatic rings. The lowest BCUT2D eigenvalue weighted by Gasteiger charge is -2.20. The molecule has 0 aromatic carbocycles. The van der Waals surface area contributed by atoms with E-state index >= 15 is 0 Å². The van der Waals surface area contributed by atoms with Crippen molar-refractivity contribution in [2.75, 3.05) is 20.7 Å². The second kappa shape index (κ2) is 3.87. The third-order valence-corrected chi connectivity index (χ3v) is 3.16. The molecule has 2 unspecified atom stereocenters. The van der Waals surface area contributed by atoms with Gasteiger partial charge < -0.3 is 15.0 Å². The van der Waals surface area contributed by atoms with Crippen LogP contribution in [0.3, 0.4) is 0 Å². The zero-order valence-corrected chi connectivity index (χ0v) is 8.82. The molecule has 1 aliphatic heterocycles. The molecular weight excluding hydrogens is 180 g/mol. The molecule has 2 rings (SSSR count). The fraction of sp³-hybridized carbons (Fsp3) is 0.900. The number of amides is 1. The molecule has 2 fully saturated rings. The van der Waals surface area contributed by atoms with Crippen molar-refractivity contribution in [1.82, 2.24) is 10.2 Å². The predicted molar refractivity (Wildman–Crippen MR) is 53.0 cm³/mol. The maximum atomic E-state index is 11.9. The van der Waals surface area contributed by atoms with Crippen molar-refractivity contribution >= 4 is 5.91 Å². The summed E-state index contributed by atoms with van der Waals surface area (Å²) in [6.45, 7) is 0.797. The Morgan fingerprint density at radius 1 is 1.50 bits per heavy atom. The molecule has 1 aliphatic carbocycles. The van der Waals surface area contributed by atoms with Crippen molar-refractivity contribution in [3.8, 4) is 0 Å². The number of ether oxygens (including phenoxy) is 1. The Balaban J connectivity index is 1.85. The topological polar surface area (TPSA) is 41.6 Å². The van der Waals surface area contributed by atoms with E-state index in [9.17, 15) is 4.79 Å². The van der Waals surface area contributed by atoms with Crippen molar-refractivity contribution in [2.45, 2.75) is 37.5 Å². The van der Waals surface area contributed by atoms with Gasteiger partial charge in [-0.15, -0.1) is 0 Å². The van der Waals surface area contributed by atoms with E-state index in [0.29, 0.717) is 6.04 Å². The Bertz CT molecular complexity index is 228. The molecule has 4 heteroatoms. The fourth-order valence-corrected chi connectivity index (χ4v) is 1.96. The van der Waals surface area contributed by atoms with Crippen molar-refractivity contribution in [3.63, 3.8) is 0 Å². The number of likely N-dealkylation sites (N-methyl/N-ethyl adjacent to an activating group) is 1. The van der Waals surface area contributed by atoms with Gasteiger partial charge in [0.15, 0.2) is 0 Å². The van der Waals surface area contributed by atoms with E-state index in [1.165, 1.54) is 12.8 Å². The summed E-state index contributed by atoms with van der Waals surface area (Å²) in [4.78, 5) is 13.8. The summed E-state index contributed by atoms with van der Waals surface area (Å²) in [5.41, 5.74) is 0. The molecule has 0 bridgehead atoms. The first-order chi connectivity index (χ1) is 6.72. The number of carbonyl (C=O) groups excluding carboxylic acids is 1. The Hall–Kier alpha value is -0.610. The lowest BCUT2D eigenvalue weighted by Crippen LogP contribution is -2.42. The lowest BCUT2D eigenvalue weighted by molar-refractivity contribution is -0.132. The summed E-state index contributed by atoms with van der Waals surface area (Å²) in [5, 5.41) is 3.20. The van der Waals surface area contributed by atoms with E-state index in [1.54, 1.807) is 7.11 Å². The Labute approximate surface area is 84.6 Å². The average molecular weight is 198 g/mol. The van der Waals surface area contributed by atoms with E-state index in [0.717, 1.165) is 13.0 Å². The molecule has 1 heterocycles. The molecule has 1 N–H and O–H groups in total. The zero-order valence-electron chi connectivity index (χ0n) is 8.82. The number of carbonyl (C=O) groups is 1. The Morgan fingerprint density at radius 2 is 2.21 bits per heavy atom. The number of nitrogens with zero attached hydrogens (tertiary/aromatic N) is 1. The van der Waals surface area contributed by atoms with Crippen LogP contribution in [-0.4, -0.2) is 49.7 Å². The minimum Gasteiger partial charge on any atom is -0.380 e. The second-order valence-corrected chi connectivity index (χ2v) is 4.23. The van der Waals surface area contributed by atoms with Gasteiger partial charge in [0.1, 0.15) is 0 Å². The van der Waals surface area contributed by atoms with E-state index in [1.807, 2.05) is 11.9 Å². The number of hydrogen-bond donors (Lipinski definition) is 1. The van der Waals surface area contributed by atoms with Crippen LogP contribution in [0.25, 0.3) is 0 Å². The molecule has 1 saturated heterocycles. The van der Waals surface area contributed by atoms with Crippen LogP contribution in [0, 0.1) is 0 Å². The van der Waals surface area contributed by atoms with Crippen LogP contribution in [0.2, 0.25) is 0 Å². The third-order valence-electron chi connectivity index (χ3n) is 3.16. The molecule has 0 radical (unpaired) electrons. The van der Waals surface area contributed by atoms with Gasteiger partial charge in [-0.25, -0.2) is 0 Å². The monoisotopic (exact) mass is 198 g/mol. The third kappa shape index (κ3) is 1.91. The number of rotatable bonds is 3. The number of nitrogens with one attached hydrogen (secondary N) is 1. The van der Waals surface area contributed by atoms with Crippen LogP contribution in [0.5, 0.6) is 0 Å². The maximum Gasteiger partial charge on any atom is 0.239 e. The van der Waals surface area contributed by atoms with Crippen LogP contribution < -0.4 is 5.32 Å². The van der Waals surface area contributed by atoms with Crippen molar-refractivity contribution < 1.29 is 9.53 Å². The highest BCUT2D eigenvalue weighted by Gasteiger charge is 2.36. The van der Waals surface area contributed by atoms with E-state index < -0.39 is 0 Å². The molecule has 4 nitrogen and oxygen atoms in total. The van der Waals surface area contributed by atoms with Gasteiger partial charge in [-0.3, -0.25) is 4.79 Å². The standard InChI is InChI=1S/C10H18N2O2/c1-12(7-3-4-7)10(13)9-5-8(14-2)6-11-9/h7-9,11H,3-6H2,1-2H3. The lowest BCUT2D eigenvalue weighted by atomic mass is 10.2. The van der Waals surface area contributed by atoms with Gasteiger partial charge in [-0.1, -0.05) is 0 Å². The smallest absolute Gasteiger partial charge is 0.239 e. The molecule has 0 aromatic rings. The highest BCUT2D eigenvalue weighted by atomic mass is 16.5. The van der Waals surface area contributed by atoms with E-state index in [-0.39, 0.29) is 18.1 Å². The van der Waals surface area contributed by atoms with Crippen LogP contribution in [0.4, 0.5) is 0 Å². The van der Waals surface area contributed by atoms with Gasteiger partial charge in [0.2, 0.25) is 5.91 Å². The van der Waals surface area contributed by atoms with Crippen LogP contribution >= 0.6 is 0 Å². The molecule has 1 amide bonds. The summed E-state index contributed by atoms with van der Waals surface area (Å²) >= 11 is 0. The maximum absolute atomic E-state index is 11.9. The summed E-state index contributed by atoms with van der Waals surface area (Å²) in [5.74, 6) is 0.229. The van der Waals surface area contributed by atoms with Gasteiger partial charge in [0.05, 0.1) is 12.1 Å². The highest BCUT2D eigenvalue weighted by Crippen LogP contribution is 2.26. The Kier molecular flexibility index (Phi) is 2.74. The first-order valence-corrected chi connectivity index (χ1v) is 5.25. The molecule has 0 spiro atoms. The summed E-state index contributed by atoms with van der Waals surface area (Å²) < 4.78 is 5.21. The van der Waals surface area contributed by atoms with E-state index in [2.05, 4.69) is 5.32 Å². The molecular formula is C10H18N2O2. The molecule has 0 aromatic heterocycles. The van der Waals surface area contributed by atoms with Gasteiger partial charge >= 0.3 is 0 Å². The summed E-state index contributed by atoms with van der Waals surface area (Å²) in [6, 6.07) is 0.483. The minimum atomic E-state index is -0.0226. The SMILES string of the molecule is COC1CNC(C(=O)N(C)C2CC2)C1. The molecule has 2 atom stereocenters. The van der Waals surface area contributed by atoms with Gasteiger partial charge in [-0.05, 0) is 19.3 Å². The number of hydrogen-bond acceptors (Lipinski definition) is 3. The van der Waals surface area contributed by atoms with E-state index in [4.69, 9.17) is 4.74 Å². The summed E-state index contributed by atoms with van der Waals surface area (Å²) in [7, 11) is 3.60. The van der Waals surface area contributed by atoms with Crippen LogP contribution in [0.15, 0.2) is 0 Å². The summed E-state index contributed by atoms with van der Waals surface area (Å²) in [6.07, 6.45) is 3.36. The van der Waals surface area contributed by atoms with Gasteiger partial charge in [-0.2, -0.15) is 0 Å². The molecule has 1 saturated carbocycles.